The van der Waals surface area contributed by atoms with E-state index in [4.69, 9.17) is 24.7 Å². The molecule has 5 heterocycles. The van der Waals surface area contributed by atoms with Crippen molar-refractivity contribution in [3.8, 4) is 0 Å². The average molecular weight is 1030 g/mol. The quantitative estimate of drug-likeness (QED) is 0.0227. The third kappa shape index (κ3) is 18.4. The van der Waals surface area contributed by atoms with Crippen molar-refractivity contribution in [2.24, 2.45) is 33.9 Å². The lowest BCUT2D eigenvalue weighted by Crippen LogP contribution is -2.33. The minimum atomic E-state index is -0.633. The van der Waals surface area contributed by atoms with Crippen LogP contribution in [0.1, 0.15) is 72.0 Å². The zero-order valence-corrected chi connectivity index (χ0v) is 41.5. The maximum absolute atomic E-state index is 13.2. The molecule has 0 aliphatic carbocycles. The molecule has 0 saturated carbocycles. The highest BCUT2D eigenvalue weighted by molar-refractivity contribution is 6.05. The summed E-state index contributed by atoms with van der Waals surface area (Å²) in [5.41, 5.74) is 6.67. The number of aryl methyl sites for hydroxylation is 4. The Labute approximate surface area is 424 Å². The first-order valence-corrected chi connectivity index (χ1v) is 23.3. The van der Waals surface area contributed by atoms with Crippen molar-refractivity contribution in [1.29, 1.82) is 0 Å². The number of carbonyl (C=O) groups is 8. The molecule has 0 atom stereocenters. The molecule has 8 amide bonds. The van der Waals surface area contributed by atoms with Gasteiger partial charge in [-0.15, -0.1) is 0 Å². The van der Waals surface area contributed by atoms with Gasteiger partial charge in [-0.25, -0.2) is 9.97 Å². The Morgan fingerprint density at radius 2 is 0.946 bits per heavy atom. The largest absolute Gasteiger partial charge is 0.378 e. The Kier molecular flexibility index (Phi) is 22.4. The Bertz CT molecular complexity index is 2690. The van der Waals surface area contributed by atoms with E-state index in [9.17, 15) is 38.4 Å². The number of imidazole rings is 2. The van der Waals surface area contributed by atoms with Gasteiger partial charge in [0, 0.05) is 111 Å². The number of amides is 8. The Hall–Kier alpha value is -8.25. The molecule has 0 saturated heterocycles. The smallest absolute Gasteiger partial charge is 0.291 e. The third-order valence-electron chi connectivity index (χ3n) is 10.3. The van der Waals surface area contributed by atoms with Crippen LogP contribution in [0.15, 0.2) is 49.2 Å². The van der Waals surface area contributed by atoms with E-state index in [0.717, 1.165) is 0 Å². The Morgan fingerprint density at radius 3 is 1.43 bits per heavy atom. The van der Waals surface area contributed by atoms with Gasteiger partial charge in [-0.3, -0.25) is 43.5 Å². The second-order valence-corrected chi connectivity index (χ2v) is 16.2. The minimum Gasteiger partial charge on any atom is -0.378 e. The van der Waals surface area contributed by atoms with E-state index in [1.54, 1.807) is 34.4 Å². The van der Waals surface area contributed by atoms with Gasteiger partial charge in [-0.1, -0.05) is 0 Å². The fraction of sp³-hybridized carbons (Fsp3) is 0.444. The second kappa shape index (κ2) is 29.3. The average Bonchev–Trinajstić information content (AvgIpc) is 4.22. The van der Waals surface area contributed by atoms with Crippen molar-refractivity contribution in [2.45, 2.75) is 19.3 Å². The summed E-state index contributed by atoms with van der Waals surface area (Å²) >= 11 is 0. The molecule has 0 spiro atoms. The monoisotopic (exact) mass is 1030 g/mol. The number of H-pyrrole nitrogens is 1. The molecule has 0 aliphatic rings. The van der Waals surface area contributed by atoms with Gasteiger partial charge in [-0.2, -0.15) is 5.10 Å². The maximum atomic E-state index is 13.2. The zero-order chi connectivity index (χ0) is 53.4. The Morgan fingerprint density at radius 1 is 0.500 bits per heavy atom. The highest BCUT2D eigenvalue weighted by Crippen LogP contribution is 2.17. The number of hydrogen-bond acceptors (Lipinski definition) is 16. The van der Waals surface area contributed by atoms with Crippen molar-refractivity contribution in [2.75, 3.05) is 107 Å². The molecule has 0 bridgehead atoms. The number of nitrogens with two attached hydrogens (primary N) is 1. The SMILES string of the molecule is Cn1cc(NC(=O)c2nc(NC(=O)CCNC(=O)c3cc(NC(=O)c4ccn[nH]4)cn3C)cn2C)cc1C(=O)NCCC(=O)Nc1cn(C)c(C(=O)NCCC(=O)NCCOCCOCCOCCOCCN)n1. The van der Waals surface area contributed by atoms with Crippen molar-refractivity contribution in [3.05, 3.63) is 77.9 Å². The number of nitrogens with zero attached hydrogens (tertiary/aromatic N) is 7. The normalized spacial score (nSPS) is 10.9. The van der Waals surface area contributed by atoms with E-state index >= 15 is 0 Å². The van der Waals surface area contributed by atoms with E-state index < -0.39 is 41.4 Å². The van der Waals surface area contributed by atoms with Crippen LogP contribution in [0.5, 0.6) is 0 Å². The number of hydrogen-bond donors (Lipinski definition) is 10. The van der Waals surface area contributed by atoms with Crippen molar-refractivity contribution >= 4 is 70.3 Å². The molecule has 5 aromatic heterocycles. The third-order valence-corrected chi connectivity index (χ3v) is 10.3. The fourth-order valence-electron chi connectivity index (χ4n) is 6.70. The van der Waals surface area contributed by atoms with Gasteiger partial charge >= 0.3 is 0 Å². The highest BCUT2D eigenvalue weighted by atomic mass is 16.6. The summed E-state index contributed by atoms with van der Waals surface area (Å²) in [6.07, 6.45) is 7.18. The molecular weight excluding hydrogens is 971 g/mol. The van der Waals surface area contributed by atoms with Crippen molar-refractivity contribution in [1.82, 2.24) is 59.7 Å². The fourth-order valence-corrected chi connectivity index (χ4v) is 6.70. The summed E-state index contributed by atoms with van der Waals surface area (Å²) in [6, 6.07) is 4.43. The predicted molar refractivity (Wildman–Crippen MR) is 265 cm³/mol. The van der Waals surface area contributed by atoms with E-state index in [0.29, 0.717) is 58.5 Å². The molecule has 5 aromatic rings. The molecule has 0 aromatic carbocycles. The number of anilines is 4. The van der Waals surface area contributed by atoms with Crippen LogP contribution in [0.3, 0.4) is 0 Å². The van der Waals surface area contributed by atoms with E-state index in [-0.39, 0.29) is 104 Å². The van der Waals surface area contributed by atoms with Crippen LogP contribution in [0.25, 0.3) is 0 Å². The van der Waals surface area contributed by atoms with E-state index in [2.05, 4.69) is 62.7 Å². The van der Waals surface area contributed by atoms with Crippen LogP contribution in [0.4, 0.5) is 23.0 Å². The number of aromatic nitrogens is 8. The van der Waals surface area contributed by atoms with Crippen LogP contribution >= 0.6 is 0 Å². The number of carbonyl (C=O) groups excluding carboxylic acids is 8. The van der Waals surface area contributed by atoms with Crippen molar-refractivity contribution < 1.29 is 57.3 Å². The van der Waals surface area contributed by atoms with Crippen LogP contribution in [-0.2, 0) is 61.5 Å². The number of aromatic amines is 1. The van der Waals surface area contributed by atoms with Crippen LogP contribution in [0, 0.1) is 0 Å². The molecule has 74 heavy (non-hydrogen) atoms. The standard InChI is InChI=1S/C45H63N17O12/c1-59-25-29(52-41(66)31-5-13-51-58-31)23-32(59)42(67)48-12-8-38(65)55-35-28-62(4)40(57-35)45(70)53-30-24-33(60(2)26-30)43(68)49-11-7-37(64)54-34-27-61(3)39(56-34)44(69)50-10-6-36(63)47-14-16-72-18-20-74-22-21-73-19-17-71-15-9-46/h5,13,23-28H,6-12,14-22,46H2,1-4H3,(H,47,63)(H,48,67)(H,49,68)(H,50,69)(H,51,58)(H,52,66)(H,53,70)(H,54,64)(H,55,65). The topological polar surface area (TPSA) is 370 Å². The first-order chi connectivity index (χ1) is 35.6. The van der Waals surface area contributed by atoms with Gasteiger partial charge in [0.15, 0.2) is 11.6 Å². The van der Waals surface area contributed by atoms with Gasteiger partial charge in [0.2, 0.25) is 29.4 Å². The van der Waals surface area contributed by atoms with Crippen LogP contribution in [0.2, 0.25) is 0 Å². The Balaban J connectivity index is 0.937. The second-order valence-electron chi connectivity index (χ2n) is 16.2. The summed E-state index contributed by atoms with van der Waals surface area (Å²) < 4.78 is 27.2. The zero-order valence-electron chi connectivity index (χ0n) is 41.5. The molecule has 5 rings (SSSR count). The minimum absolute atomic E-state index is 0.00160. The molecule has 29 nitrogen and oxygen atoms in total. The number of nitrogens with one attached hydrogen (secondary N) is 9. The molecule has 400 valence electrons. The van der Waals surface area contributed by atoms with E-state index in [1.165, 1.54) is 61.3 Å². The lowest BCUT2D eigenvalue weighted by atomic mass is 10.3. The first-order valence-electron chi connectivity index (χ1n) is 23.3. The highest BCUT2D eigenvalue weighted by Gasteiger charge is 2.21. The summed E-state index contributed by atoms with van der Waals surface area (Å²) in [4.78, 5) is 110. The summed E-state index contributed by atoms with van der Waals surface area (Å²) in [7, 11) is 6.36. The molecular formula is C45H63N17O12. The lowest BCUT2D eigenvalue weighted by molar-refractivity contribution is -0.121. The van der Waals surface area contributed by atoms with Crippen LogP contribution < -0.4 is 48.3 Å². The summed E-state index contributed by atoms with van der Waals surface area (Å²) in [5.74, 6) is -3.71. The van der Waals surface area contributed by atoms with Gasteiger partial charge in [0.1, 0.15) is 17.1 Å². The molecule has 29 heteroatoms. The first kappa shape index (κ1) is 56.7. The summed E-state index contributed by atoms with van der Waals surface area (Å²) in [6.45, 7) is 4.05. The molecule has 11 N–H and O–H groups in total. The number of rotatable bonds is 32. The molecule has 0 fully saturated rings. The van der Waals surface area contributed by atoms with Gasteiger partial charge in [0.25, 0.3) is 29.5 Å². The van der Waals surface area contributed by atoms with E-state index in [1.807, 2.05) is 0 Å². The predicted octanol–water partition coefficient (Wildman–Crippen LogP) is -1.16. The van der Waals surface area contributed by atoms with Gasteiger partial charge in [0.05, 0.1) is 64.2 Å². The van der Waals surface area contributed by atoms with Gasteiger partial charge in [-0.05, 0) is 18.2 Å². The van der Waals surface area contributed by atoms with Gasteiger partial charge < -0.3 is 85.5 Å². The molecule has 0 aliphatic heterocycles. The van der Waals surface area contributed by atoms with Crippen LogP contribution in [-0.4, -0.2) is 171 Å². The lowest BCUT2D eigenvalue weighted by Gasteiger charge is -2.08. The maximum Gasteiger partial charge on any atom is 0.291 e. The van der Waals surface area contributed by atoms with Crippen molar-refractivity contribution in [3.63, 3.8) is 0 Å². The molecule has 0 radical (unpaired) electrons. The summed E-state index contributed by atoms with van der Waals surface area (Å²) in [5, 5.41) is 27.5. The number of ether oxygens (including phenoxy) is 4. The molecule has 0 unspecified atom stereocenters.